The summed E-state index contributed by atoms with van der Waals surface area (Å²) in [5.41, 5.74) is 1.23. The lowest BCUT2D eigenvalue weighted by atomic mass is 10.1. The number of carbonyl (C=O) groups excluding carboxylic acids is 1. The van der Waals surface area contributed by atoms with E-state index in [4.69, 9.17) is 0 Å². The van der Waals surface area contributed by atoms with Gasteiger partial charge in [-0.05, 0) is 37.1 Å². The molecule has 0 aliphatic carbocycles. The maximum atomic E-state index is 11.8. The van der Waals surface area contributed by atoms with Crippen LogP contribution in [0, 0.1) is 6.92 Å². The first-order valence-electron chi connectivity index (χ1n) is 6.22. The smallest absolute Gasteiger partial charge is 0.251 e. The minimum atomic E-state index is -0.171. The molecule has 1 heterocycles. The number of phenolic OH excluding ortho intramolecular Hbond substituents is 1. The summed E-state index contributed by atoms with van der Waals surface area (Å²) in [4.78, 5) is 11.8. The molecule has 5 nitrogen and oxygen atoms in total. The van der Waals surface area contributed by atoms with Gasteiger partial charge in [0.15, 0.2) is 0 Å². The number of amides is 1. The van der Waals surface area contributed by atoms with Crippen molar-refractivity contribution < 1.29 is 9.90 Å². The Morgan fingerprint density at radius 2 is 2.32 bits per heavy atom. The average molecular weight is 259 g/mol. The zero-order valence-corrected chi connectivity index (χ0v) is 10.8. The van der Waals surface area contributed by atoms with Crippen molar-refractivity contribution in [3.8, 4) is 5.75 Å². The quantitative estimate of drug-likeness (QED) is 0.803. The van der Waals surface area contributed by atoms with Crippen molar-refractivity contribution in [3.63, 3.8) is 0 Å². The van der Waals surface area contributed by atoms with Gasteiger partial charge < -0.3 is 10.4 Å². The van der Waals surface area contributed by atoms with Crippen LogP contribution in [0.15, 0.2) is 36.7 Å². The zero-order valence-electron chi connectivity index (χ0n) is 10.8. The third-order valence-corrected chi connectivity index (χ3v) is 2.88. The molecule has 1 aromatic heterocycles. The molecule has 0 radical (unpaired) electrons. The lowest BCUT2D eigenvalue weighted by Gasteiger charge is -2.06. The van der Waals surface area contributed by atoms with Gasteiger partial charge in [-0.15, -0.1) is 0 Å². The summed E-state index contributed by atoms with van der Waals surface area (Å²) in [6.07, 6.45) is 4.43. The predicted molar refractivity (Wildman–Crippen MR) is 72.0 cm³/mol. The normalized spacial score (nSPS) is 10.4. The fraction of sp³-hybridized carbons (Fsp3) is 0.286. The van der Waals surface area contributed by atoms with E-state index in [2.05, 4.69) is 10.4 Å². The number of hydrogen-bond acceptors (Lipinski definition) is 3. The highest BCUT2D eigenvalue weighted by Crippen LogP contribution is 2.17. The maximum Gasteiger partial charge on any atom is 0.251 e. The van der Waals surface area contributed by atoms with Gasteiger partial charge in [-0.1, -0.05) is 6.07 Å². The van der Waals surface area contributed by atoms with E-state index in [1.165, 1.54) is 6.07 Å². The van der Waals surface area contributed by atoms with Gasteiger partial charge in [-0.2, -0.15) is 5.10 Å². The van der Waals surface area contributed by atoms with Crippen molar-refractivity contribution in [2.24, 2.45) is 0 Å². The second kappa shape index (κ2) is 6.04. The molecule has 0 spiro atoms. The van der Waals surface area contributed by atoms with Crippen LogP contribution in [0.1, 0.15) is 22.3 Å². The third kappa shape index (κ3) is 3.58. The number of hydrogen-bond donors (Lipinski definition) is 2. The van der Waals surface area contributed by atoms with Crippen LogP contribution in [0.3, 0.4) is 0 Å². The first-order valence-corrected chi connectivity index (χ1v) is 6.22. The number of nitrogens with zero attached hydrogens (tertiary/aromatic N) is 2. The SMILES string of the molecule is Cc1ccc(C(=O)NCCCn2cccn2)cc1O. The number of phenols is 1. The van der Waals surface area contributed by atoms with E-state index in [0.29, 0.717) is 12.1 Å². The van der Waals surface area contributed by atoms with Crippen molar-refractivity contribution >= 4 is 5.91 Å². The lowest BCUT2D eigenvalue weighted by molar-refractivity contribution is 0.0952. The van der Waals surface area contributed by atoms with Crippen LogP contribution < -0.4 is 5.32 Å². The van der Waals surface area contributed by atoms with Gasteiger partial charge in [0.2, 0.25) is 0 Å². The fourth-order valence-corrected chi connectivity index (χ4v) is 1.73. The first kappa shape index (κ1) is 13.1. The summed E-state index contributed by atoms with van der Waals surface area (Å²) in [5, 5.41) is 16.5. The standard InChI is InChI=1S/C14H17N3O2/c1-11-4-5-12(10-13(11)18)14(19)15-6-2-8-17-9-3-7-16-17/h3-5,7,9-10,18H,2,6,8H2,1H3,(H,15,19). The Morgan fingerprint density at radius 1 is 1.47 bits per heavy atom. The number of benzene rings is 1. The molecule has 0 atom stereocenters. The summed E-state index contributed by atoms with van der Waals surface area (Å²) in [5.74, 6) is -0.0278. The number of aromatic hydroxyl groups is 1. The van der Waals surface area contributed by atoms with Crippen LogP contribution in [0.4, 0.5) is 0 Å². The summed E-state index contributed by atoms with van der Waals surface area (Å²) in [6, 6.07) is 6.79. The van der Waals surface area contributed by atoms with Gasteiger partial charge in [0.1, 0.15) is 5.75 Å². The van der Waals surface area contributed by atoms with Gasteiger partial charge >= 0.3 is 0 Å². The zero-order chi connectivity index (χ0) is 13.7. The Morgan fingerprint density at radius 3 is 3.00 bits per heavy atom. The minimum absolute atomic E-state index is 0.143. The van der Waals surface area contributed by atoms with Crippen LogP contribution >= 0.6 is 0 Å². The van der Waals surface area contributed by atoms with Crippen LogP contribution in [-0.2, 0) is 6.54 Å². The number of carbonyl (C=O) groups is 1. The number of aromatic nitrogens is 2. The van der Waals surface area contributed by atoms with E-state index in [1.54, 1.807) is 25.3 Å². The molecule has 2 aromatic rings. The summed E-state index contributed by atoms with van der Waals surface area (Å²) < 4.78 is 1.82. The van der Waals surface area contributed by atoms with Crippen molar-refractivity contribution in [1.29, 1.82) is 0 Å². The van der Waals surface area contributed by atoms with Gasteiger partial charge in [0.05, 0.1) is 0 Å². The number of rotatable bonds is 5. The highest BCUT2D eigenvalue weighted by molar-refractivity contribution is 5.94. The maximum absolute atomic E-state index is 11.8. The van der Waals surface area contributed by atoms with E-state index in [1.807, 2.05) is 16.9 Å². The minimum Gasteiger partial charge on any atom is -0.508 e. The largest absolute Gasteiger partial charge is 0.508 e. The fourth-order valence-electron chi connectivity index (χ4n) is 1.73. The summed E-state index contributed by atoms with van der Waals surface area (Å²) in [7, 11) is 0. The van der Waals surface area contributed by atoms with E-state index in [-0.39, 0.29) is 11.7 Å². The third-order valence-electron chi connectivity index (χ3n) is 2.88. The molecule has 0 fully saturated rings. The summed E-state index contributed by atoms with van der Waals surface area (Å²) in [6.45, 7) is 3.14. The molecule has 100 valence electrons. The highest BCUT2D eigenvalue weighted by Gasteiger charge is 2.06. The first-order chi connectivity index (χ1) is 9.16. The Bertz CT molecular complexity index is 550. The molecule has 0 saturated heterocycles. The molecule has 2 N–H and O–H groups in total. The van der Waals surface area contributed by atoms with E-state index < -0.39 is 0 Å². The second-order valence-electron chi connectivity index (χ2n) is 4.38. The molecule has 1 aromatic carbocycles. The molecule has 0 saturated carbocycles. The van der Waals surface area contributed by atoms with E-state index >= 15 is 0 Å². The van der Waals surface area contributed by atoms with Gasteiger partial charge in [0.25, 0.3) is 5.91 Å². The second-order valence-corrected chi connectivity index (χ2v) is 4.38. The van der Waals surface area contributed by atoms with Gasteiger partial charge in [-0.3, -0.25) is 9.48 Å². The molecule has 1 amide bonds. The summed E-state index contributed by atoms with van der Waals surface area (Å²) >= 11 is 0. The molecule has 5 heteroatoms. The Labute approximate surface area is 111 Å². The molecule has 2 rings (SSSR count). The van der Waals surface area contributed by atoms with E-state index in [9.17, 15) is 9.90 Å². The van der Waals surface area contributed by atoms with Crippen molar-refractivity contribution in [1.82, 2.24) is 15.1 Å². The molecular formula is C14H17N3O2. The number of aryl methyl sites for hydroxylation is 2. The highest BCUT2D eigenvalue weighted by atomic mass is 16.3. The molecule has 0 bridgehead atoms. The lowest BCUT2D eigenvalue weighted by Crippen LogP contribution is -2.25. The Hall–Kier alpha value is -2.30. The van der Waals surface area contributed by atoms with Crippen LogP contribution in [0.25, 0.3) is 0 Å². The van der Waals surface area contributed by atoms with Crippen LogP contribution in [0.5, 0.6) is 5.75 Å². The molecule has 0 unspecified atom stereocenters. The molecular weight excluding hydrogens is 242 g/mol. The van der Waals surface area contributed by atoms with E-state index in [0.717, 1.165) is 18.5 Å². The molecule has 0 aliphatic rings. The number of nitrogens with one attached hydrogen (secondary N) is 1. The van der Waals surface area contributed by atoms with Crippen LogP contribution in [0.2, 0.25) is 0 Å². The van der Waals surface area contributed by atoms with Gasteiger partial charge in [-0.25, -0.2) is 0 Å². The molecule has 0 aliphatic heterocycles. The van der Waals surface area contributed by atoms with Crippen LogP contribution in [-0.4, -0.2) is 27.3 Å². The van der Waals surface area contributed by atoms with Gasteiger partial charge in [0, 0.05) is 31.0 Å². The molecule has 19 heavy (non-hydrogen) atoms. The Kier molecular flexibility index (Phi) is 4.18. The average Bonchev–Trinajstić information content (AvgIpc) is 2.91. The topological polar surface area (TPSA) is 67.2 Å². The van der Waals surface area contributed by atoms with Crippen molar-refractivity contribution in [3.05, 3.63) is 47.8 Å². The van der Waals surface area contributed by atoms with Crippen molar-refractivity contribution in [2.75, 3.05) is 6.54 Å². The predicted octanol–water partition coefficient (Wildman–Crippen LogP) is 1.72. The van der Waals surface area contributed by atoms with Crippen molar-refractivity contribution in [2.45, 2.75) is 19.9 Å². The monoisotopic (exact) mass is 259 g/mol. The Balaban J connectivity index is 1.79.